The summed E-state index contributed by atoms with van der Waals surface area (Å²) in [7, 11) is 0. The lowest BCUT2D eigenvalue weighted by molar-refractivity contribution is -0.461. The van der Waals surface area contributed by atoms with Crippen molar-refractivity contribution in [1.82, 2.24) is 0 Å². The molecule has 0 aromatic heterocycles. The molecule has 0 spiro atoms. The van der Waals surface area contributed by atoms with E-state index in [1.165, 1.54) is 0 Å². The maximum Gasteiger partial charge on any atom is 0.255 e. The molecule has 6 N–H and O–H groups in total. The number of nitrogens with one attached hydrogen (secondary N) is 1. The first kappa shape index (κ1) is 9.72. The lowest BCUT2D eigenvalue weighted by atomic mass is 10.3. The van der Waals surface area contributed by atoms with E-state index in [1.807, 2.05) is 0 Å². The van der Waals surface area contributed by atoms with Crippen molar-refractivity contribution in [3.63, 3.8) is 0 Å². The first-order valence-corrected chi connectivity index (χ1v) is 4.05. The molecule has 0 radical (unpaired) electrons. The maximum atomic E-state index is 5.43. The van der Waals surface area contributed by atoms with Gasteiger partial charge in [0, 0.05) is 6.42 Å². The van der Waals surface area contributed by atoms with Crippen molar-refractivity contribution in [1.29, 1.82) is 0 Å². The van der Waals surface area contributed by atoms with E-state index in [0.717, 1.165) is 25.9 Å². The van der Waals surface area contributed by atoms with Crippen molar-refractivity contribution in [2.24, 2.45) is 5.73 Å². The molecule has 10 heavy (non-hydrogen) atoms. The topological polar surface area (TPSA) is 67.6 Å². The zero-order valence-electron chi connectivity index (χ0n) is 6.20. The van der Waals surface area contributed by atoms with Crippen LogP contribution in [0.5, 0.6) is 0 Å². The summed E-state index contributed by atoms with van der Waals surface area (Å²) in [4.78, 5) is 3.00. The highest BCUT2D eigenvalue weighted by Gasteiger charge is 1.93. The van der Waals surface area contributed by atoms with Crippen molar-refractivity contribution >= 4 is 17.4 Å². The molecule has 0 atom stereocenters. The molecular weight excluding hydrogens is 150 g/mol. The van der Waals surface area contributed by atoms with Gasteiger partial charge in [-0.3, -0.25) is 10.7 Å². The van der Waals surface area contributed by atoms with Gasteiger partial charge in [-0.2, -0.15) is 0 Å². The predicted molar refractivity (Wildman–Crippen MR) is 42.7 cm³/mol. The summed E-state index contributed by atoms with van der Waals surface area (Å²) in [6.07, 6.45) is 2.25. The fourth-order valence-corrected chi connectivity index (χ4v) is 0.692. The highest BCUT2D eigenvalue weighted by atomic mass is 35.5. The van der Waals surface area contributed by atoms with E-state index in [9.17, 15) is 0 Å². The number of nitrogens with two attached hydrogens (primary N) is 1. The van der Waals surface area contributed by atoms with Crippen LogP contribution in [0.15, 0.2) is 0 Å². The Balaban J connectivity index is 3.16. The second-order valence-corrected chi connectivity index (χ2v) is 2.41. The second-order valence-electron chi connectivity index (χ2n) is 2.15. The molecule has 0 heterocycles. The molecule has 0 aromatic rings. The van der Waals surface area contributed by atoms with Gasteiger partial charge in [0.05, 0.1) is 13.1 Å². The van der Waals surface area contributed by atoms with E-state index in [2.05, 4.69) is 10.7 Å². The summed E-state index contributed by atoms with van der Waals surface area (Å²) in [6, 6.07) is 0. The minimum atomic E-state index is 0.393. The molecule has 0 unspecified atom stereocenters. The van der Waals surface area contributed by atoms with E-state index in [0.29, 0.717) is 11.7 Å². The normalized spacial score (nSPS) is 12.0. The third kappa shape index (κ3) is 5.85. The van der Waals surface area contributed by atoms with Gasteiger partial charge in [-0.25, -0.2) is 0 Å². The van der Waals surface area contributed by atoms with E-state index in [-0.39, 0.29) is 0 Å². The van der Waals surface area contributed by atoms with Crippen molar-refractivity contribution in [3.8, 4) is 0 Å². The second kappa shape index (κ2) is 6.83. The van der Waals surface area contributed by atoms with Crippen LogP contribution >= 0.6 is 11.6 Å². The Hall–Kier alpha value is -0.280. The number of alkyl halides is 1. The van der Waals surface area contributed by atoms with Crippen LogP contribution in [0.1, 0.15) is 12.8 Å². The summed E-state index contributed by atoms with van der Waals surface area (Å²) < 4.78 is 0. The summed E-state index contributed by atoms with van der Waals surface area (Å²) in [5, 5.41) is 0. The van der Waals surface area contributed by atoms with Gasteiger partial charge in [-0.05, 0) is 6.42 Å². The van der Waals surface area contributed by atoms with Crippen LogP contribution in [0.2, 0.25) is 0 Å². The first-order valence-electron chi connectivity index (χ1n) is 3.51. The van der Waals surface area contributed by atoms with Crippen molar-refractivity contribution in [2.45, 2.75) is 12.8 Å². The molecule has 0 saturated carbocycles. The molecule has 3 nitrogen and oxygen atoms in total. The Labute approximate surface area is 66.4 Å². The monoisotopic (exact) mass is 165 g/mol. The van der Waals surface area contributed by atoms with E-state index in [1.54, 1.807) is 0 Å². The van der Waals surface area contributed by atoms with Crippen molar-refractivity contribution in [3.05, 3.63) is 0 Å². The largest absolute Gasteiger partial charge is 0.358 e. The third-order valence-electron chi connectivity index (χ3n) is 1.17. The van der Waals surface area contributed by atoms with Crippen LogP contribution in [0.3, 0.4) is 0 Å². The van der Waals surface area contributed by atoms with Crippen LogP contribution in [-0.4, -0.2) is 24.8 Å². The lowest BCUT2D eigenvalue weighted by Crippen LogP contribution is -2.76. The zero-order valence-corrected chi connectivity index (χ0v) is 6.95. The number of hydrogen-bond acceptors (Lipinski definition) is 0. The number of unbranched alkanes of at least 4 members (excludes halogenated alkanes) is 1. The molecule has 0 fully saturated rings. The van der Waals surface area contributed by atoms with Gasteiger partial charge in [0.2, 0.25) is 0 Å². The molecule has 0 aliphatic carbocycles. The molecule has 0 saturated heterocycles. The number of halogens is 1. The van der Waals surface area contributed by atoms with Crippen molar-refractivity contribution in [2.75, 3.05) is 19.0 Å². The molecule has 0 aliphatic rings. The van der Waals surface area contributed by atoms with Gasteiger partial charge in [0.1, 0.15) is 5.88 Å². The summed E-state index contributed by atoms with van der Waals surface area (Å²) in [5.41, 5.74) is 9.14. The smallest absolute Gasteiger partial charge is 0.255 e. The fourth-order valence-electron chi connectivity index (χ4n) is 0.598. The Morgan fingerprint density at radius 3 is 2.70 bits per heavy atom. The van der Waals surface area contributed by atoms with Gasteiger partial charge in [-0.1, -0.05) is 0 Å². The standard InChI is InChI=1S/C6H14ClN3/c7-5-6(9)10-4-2-1-3-8/h1-5,8H2,(H2,9,10)/p+2. The molecule has 4 heteroatoms. The average molecular weight is 166 g/mol. The summed E-state index contributed by atoms with van der Waals surface area (Å²) in [6.45, 7) is 1.90. The molecule has 0 rings (SSSR count). The minimum Gasteiger partial charge on any atom is -0.358 e. The molecule has 0 amide bonds. The van der Waals surface area contributed by atoms with Crippen LogP contribution in [-0.2, 0) is 0 Å². The molecule has 0 aliphatic heterocycles. The highest BCUT2D eigenvalue weighted by molar-refractivity contribution is 6.27. The van der Waals surface area contributed by atoms with Gasteiger partial charge in [0.15, 0.2) is 0 Å². The van der Waals surface area contributed by atoms with Crippen LogP contribution in [0.4, 0.5) is 0 Å². The quantitative estimate of drug-likeness (QED) is 0.182. The summed E-state index contributed by atoms with van der Waals surface area (Å²) in [5.74, 6) is 1.05. The van der Waals surface area contributed by atoms with Crippen molar-refractivity contribution < 1.29 is 10.7 Å². The van der Waals surface area contributed by atoms with Crippen LogP contribution in [0.25, 0.3) is 0 Å². The maximum absolute atomic E-state index is 5.43. The van der Waals surface area contributed by atoms with Crippen LogP contribution in [0, 0.1) is 0 Å². The molecule has 0 bridgehead atoms. The minimum absolute atomic E-state index is 0.393. The van der Waals surface area contributed by atoms with Gasteiger partial charge in [-0.15, -0.1) is 11.6 Å². The molecule has 60 valence electrons. The SMILES string of the molecule is NC(CCl)=[NH+]CCCC[NH3+]. The van der Waals surface area contributed by atoms with Gasteiger partial charge in [0.25, 0.3) is 5.84 Å². The fraction of sp³-hybridized carbons (Fsp3) is 0.833. The van der Waals surface area contributed by atoms with Crippen LogP contribution < -0.4 is 16.5 Å². The molecular formula is C6H16ClN3+2. The van der Waals surface area contributed by atoms with E-state index >= 15 is 0 Å². The summed E-state index contributed by atoms with van der Waals surface area (Å²) >= 11 is 5.43. The number of amidine groups is 1. The Morgan fingerprint density at radius 1 is 1.50 bits per heavy atom. The molecule has 0 aromatic carbocycles. The first-order chi connectivity index (χ1) is 4.81. The highest BCUT2D eigenvalue weighted by Crippen LogP contribution is 1.75. The average Bonchev–Trinajstić information content (AvgIpc) is 1.98. The Morgan fingerprint density at radius 2 is 2.20 bits per heavy atom. The van der Waals surface area contributed by atoms with E-state index in [4.69, 9.17) is 17.3 Å². The third-order valence-corrected chi connectivity index (χ3v) is 1.46. The number of rotatable bonds is 5. The number of quaternary nitrogens is 1. The zero-order chi connectivity index (χ0) is 7.82. The number of hydrogen-bond donors (Lipinski definition) is 3. The van der Waals surface area contributed by atoms with E-state index < -0.39 is 0 Å². The Kier molecular flexibility index (Phi) is 6.64. The van der Waals surface area contributed by atoms with Gasteiger partial charge < -0.3 is 5.73 Å². The Bertz CT molecular complexity index is 103. The van der Waals surface area contributed by atoms with Gasteiger partial charge >= 0.3 is 0 Å². The lowest BCUT2D eigenvalue weighted by Gasteiger charge is -1.89. The predicted octanol–water partition coefficient (Wildman–Crippen LogP) is -2.31.